The topological polar surface area (TPSA) is 15.8 Å². The van der Waals surface area contributed by atoms with Crippen molar-refractivity contribution in [3.8, 4) is 0 Å². The number of rotatable bonds is 0. The molecule has 0 atom stereocenters. The van der Waals surface area contributed by atoms with Gasteiger partial charge < -0.3 is 4.98 Å². The third-order valence-electron chi connectivity index (χ3n) is 1.52. The molecule has 0 aliphatic rings. The smallest absolute Gasteiger partial charge is 0.0454 e. The summed E-state index contributed by atoms with van der Waals surface area (Å²) in [5.41, 5.74) is 1.18. The normalized spacial score (nSPS) is 9.55. The van der Waals surface area contributed by atoms with Gasteiger partial charge in [0.25, 0.3) is 0 Å². The summed E-state index contributed by atoms with van der Waals surface area (Å²) in [4.78, 5) is 3.13. The second-order valence-corrected chi connectivity index (χ2v) is 3.12. The van der Waals surface area contributed by atoms with E-state index < -0.39 is 0 Å². The van der Waals surface area contributed by atoms with Crippen LogP contribution in [0.4, 0.5) is 0 Å². The van der Waals surface area contributed by atoms with Gasteiger partial charge in [-0.05, 0) is 24.3 Å². The predicted molar refractivity (Wildman–Crippen MR) is 46.0 cm³/mol. The number of fused-ring (bicyclic) bond motifs is 1. The van der Waals surface area contributed by atoms with E-state index in [1.807, 2.05) is 12.3 Å². The molecule has 2 rings (SSSR count). The van der Waals surface area contributed by atoms with Crippen LogP contribution in [-0.2, 0) is 0 Å². The Labute approximate surface area is 103 Å². The number of hydrogen-bond acceptors (Lipinski definition) is 0. The Balaban J connectivity index is 0.000000605. The molecule has 0 saturated carbocycles. The predicted octanol–water partition coefficient (Wildman–Crippen LogP) is 2.93. The van der Waals surface area contributed by atoms with Crippen LogP contribution in [0.1, 0.15) is 0 Å². The van der Waals surface area contributed by atoms with Crippen LogP contribution in [0, 0.1) is 37.7 Å². The van der Waals surface area contributed by atoms with Gasteiger partial charge in [-0.3, -0.25) is 0 Å². The number of halogens is 1. The monoisotopic (exact) mass is 235 g/mol. The molecular formula is C8H6ArBrN. The summed E-state index contributed by atoms with van der Waals surface area (Å²) in [6, 6.07) is 8.23. The van der Waals surface area contributed by atoms with Crippen LogP contribution in [-0.4, -0.2) is 4.98 Å². The van der Waals surface area contributed by atoms with Crippen molar-refractivity contribution in [2.75, 3.05) is 0 Å². The van der Waals surface area contributed by atoms with Gasteiger partial charge in [0.2, 0.25) is 0 Å². The first-order chi connectivity index (χ1) is 4.86. The largest absolute Gasteiger partial charge is 0.361 e. The molecule has 0 aliphatic heterocycles. The third kappa shape index (κ3) is 1.99. The number of aromatic nitrogens is 1. The average Bonchev–Trinajstić information content (AvgIpc) is 2.33. The van der Waals surface area contributed by atoms with Crippen LogP contribution < -0.4 is 0 Å². The molecule has 0 bridgehead atoms. The minimum Gasteiger partial charge on any atom is -0.361 e. The second kappa shape index (κ2) is 3.94. The van der Waals surface area contributed by atoms with Crippen molar-refractivity contribution in [1.82, 2.24) is 4.98 Å². The van der Waals surface area contributed by atoms with Crippen molar-refractivity contribution in [3.05, 3.63) is 34.9 Å². The zero-order valence-electron chi connectivity index (χ0n) is 5.62. The molecule has 1 heterocycles. The number of benzene rings is 1. The molecule has 0 aliphatic carbocycles. The molecule has 0 radical (unpaired) electrons. The number of aromatic amines is 1. The first-order valence-corrected chi connectivity index (χ1v) is 3.88. The van der Waals surface area contributed by atoms with Gasteiger partial charge in [-0.2, -0.15) is 0 Å². The SMILES string of the molecule is Brc1ccc2[nH]ccc2c1.[Ar]. The van der Waals surface area contributed by atoms with E-state index in [4.69, 9.17) is 0 Å². The number of H-pyrrole nitrogens is 1. The molecular weight excluding hydrogens is 230 g/mol. The van der Waals surface area contributed by atoms with Crippen LogP contribution in [0.15, 0.2) is 34.9 Å². The molecule has 11 heavy (non-hydrogen) atoms. The van der Waals surface area contributed by atoms with E-state index in [2.05, 4.69) is 39.1 Å². The van der Waals surface area contributed by atoms with E-state index in [0.29, 0.717) is 0 Å². The van der Waals surface area contributed by atoms with E-state index in [1.54, 1.807) is 0 Å². The van der Waals surface area contributed by atoms with E-state index in [1.165, 1.54) is 10.9 Å². The summed E-state index contributed by atoms with van der Waals surface area (Å²) in [5, 5.41) is 1.24. The Hall–Kier alpha value is 0.500. The molecule has 3 heteroatoms. The Kier molecular flexibility index (Phi) is 3.44. The Bertz CT molecular complexity index is 356. The van der Waals surface area contributed by atoms with E-state index >= 15 is 0 Å². The minimum absolute atomic E-state index is 0. The summed E-state index contributed by atoms with van der Waals surface area (Å²) in [5.74, 6) is 0. The van der Waals surface area contributed by atoms with Crippen molar-refractivity contribution in [3.63, 3.8) is 0 Å². The van der Waals surface area contributed by atoms with Gasteiger partial charge in [0.05, 0.1) is 0 Å². The van der Waals surface area contributed by atoms with Crippen LogP contribution in [0.25, 0.3) is 10.9 Å². The zero-order valence-corrected chi connectivity index (χ0v) is 7.91. The summed E-state index contributed by atoms with van der Waals surface area (Å²) in [7, 11) is 0. The molecule has 0 unspecified atom stereocenters. The van der Waals surface area contributed by atoms with Crippen LogP contribution in [0.2, 0.25) is 0 Å². The van der Waals surface area contributed by atoms with Crippen LogP contribution in [0.5, 0.6) is 0 Å². The van der Waals surface area contributed by atoms with Gasteiger partial charge in [-0.15, -0.1) is 0 Å². The van der Waals surface area contributed by atoms with Gasteiger partial charge in [-0.1, -0.05) is 15.9 Å². The van der Waals surface area contributed by atoms with Gasteiger partial charge in [0, 0.05) is 59.3 Å². The average molecular weight is 236 g/mol. The van der Waals surface area contributed by atoms with Gasteiger partial charge in [0.1, 0.15) is 0 Å². The Morgan fingerprint density at radius 3 is 2.82 bits per heavy atom. The van der Waals surface area contributed by atoms with Crippen molar-refractivity contribution in [2.45, 2.75) is 0 Å². The minimum atomic E-state index is 0. The van der Waals surface area contributed by atoms with Gasteiger partial charge in [-0.25, -0.2) is 0 Å². The van der Waals surface area contributed by atoms with E-state index in [9.17, 15) is 0 Å². The number of hydrogen-bond donors (Lipinski definition) is 1. The van der Waals surface area contributed by atoms with Gasteiger partial charge >= 0.3 is 0 Å². The molecule has 1 aromatic carbocycles. The standard InChI is InChI=1S/C8H6BrN.Ar/c9-7-1-2-8-6(5-7)3-4-10-8;/h1-5,10H;. The van der Waals surface area contributed by atoms with Crippen molar-refractivity contribution in [1.29, 1.82) is 0 Å². The second-order valence-electron chi connectivity index (χ2n) is 2.21. The summed E-state index contributed by atoms with van der Waals surface area (Å²) in [6.45, 7) is 0. The van der Waals surface area contributed by atoms with Crippen LogP contribution in [0.3, 0.4) is 0 Å². The van der Waals surface area contributed by atoms with E-state index in [-0.39, 0.29) is 37.7 Å². The van der Waals surface area contributed by atoms with Crippen molar-refractivity contribution < 1.29 is 37.7 Å². The maximum atomic E-state index is 3.40. The molecule has 0 fully saturated rings. The Morgan fingerprint density at radius 1 is 1.18 bits per heavy atom. The summed E-state index contributed by atoms with van der Waals surface area (Å²) >= 11 is 3.40. The molecule has 1 aromatic heterocycles. The molecule has 58 valence electrons. The van der Waals surface area contributed by atoms with E-state index in [0.717, 1.165) is 4.47 Å². The number of nitrogens with one attached hydrogen (secondary N) is 1. The molecule has 2 aromatic rings. The maximum absolute atomic E-state index is 3.40. The zero-order chi connectivity index (χ0) is 6.97. The quantitative estimate of drug-likeness (QED) is 0.723. The molecule has 0 amide bonds. The first kappa shape index (κ1) is 9.59. The summed E-state index contributed by atoms with van der Waals surface area (Å²) in [6.07, 6.45) is 1.94. The fourth-order valence-electron chi connectivity index (χ4n) is 1.02. The fourth-order valence-corrected chi connectivity index (χ4v) is 1.40. The first-order valence-electron chi connectivity index (χ1n) is 3.09. The van der Waals surface area contributed by atoms with Crippen LogP contribution >= 0.6 is 15.9 Å². The molecule has 0 spiro atoms. The van der Waals surface area contributed by atoms with Gasteiger partial charge in [0.15, 0.2) is 0 Å². The third-order valence-corrected chi connectivity index (χ3v) is 2.01. The van der Waals surface area contributed by atoms with Crippen molar-refractivity contribution >= 4 is 26.8 Å². The summed E-state index contributed by atoms with van der Waals surface area (Å²) < 4.78 is 1.12. The molecule has 1 nitrogen and oxygen atoms in total. The molecule has 1 N–H and O–H groups in total. The molecule has 0 saturated heterocycles. The maximum Gasteiger partial charge on any atom is 0.0454 e. The Morgan fingerprint density at radius 2 is 2.00 bits per heavy atom. The van der Waals surface area contributed by atoms with Crippen molar-refractivity contribution in [2.24, 2.45) is 0 Å². The fraction of sp³-hybridized carbons (Fsp3) is 0.